The first-order valence-electron chi connectivity index (χ1n) is 13.2. The molecule has 3 amide bonds. The van der Waals surface area contributed by atoms with Gasteiger partial charge in [0.2, 0.25) is 5.91 Å². The number of nitrogens with one attached hydrogen (secondary N) is 1. The van der Waals surface area contributed by atoms with E-state index >= 15 is 0 Å². The smallest absolute Gasteiger partial charge is 0.343 e. The van der Waals surface area contributed by atoms with Crippen LogP contribution in [0.4, 0.5) is 14.9 Å². The van der Waals surface area contributed by atoms with E-state index in [2.05, 4.69) is 22.3 Å². The standard InChI is InChI=1S/C30H39FN4O3/c1-21(36)24-8-5-9-28(17-24)33-30(38)32-19-26-18-29(35(4)22(2)37)15-12-25(26)20-34(3)16-6-7-23-10-13-27(31)14-11-23/h5,8-11,13-14,17,19,25-26,29H,6-7,12,15-16,18,20H2,1-4H3,(H,33,38)/b32-19+/t25-,26?,29-/m0/s1. The van der Waals surface area contributed by atoms with Gasteiger partial charge in [0.25, 0.3) is 0 Å². The molecule has 1 unspecified atom stereocenters. The molecule has 0 bridgehead atoms. The fourth-order valence-corrected chi connectivity index (χ4v) is 5.09. The Balaban J connectivity index is 1.61. The maximum absolute atomic E-state index is 13.1. The van der Waals surface area contributed by atoms with Crippen LogP contribution in [0.15, 0.2) is 53.5 Å². The predicted molar refractivity (Wildman–Crippen MR) is 149 cm³/mol. The van der Waals surface area contributed by atoms with Crippen molar-refractivity contribution < 1.29 is 18.8 Å². The van der Waals surface area contributed by atoms with Crippen LogP contribution in [0.5, 0.6) is 0 Å². The van der Waals surface area contributed by atoms with Gasteiger partial charge in [0.1, 0.15) is 5.82 Å². The zero-order valence-corrected chi connectivity index (χ0v) is 22.8. The summed E-state index contributed by atoms with van der Waals surface area (Å²) >= 11 is 0. The average molecular weight is 523 g/mol. The molecule has 3 rings (SSSR count). The number of rotatable bonds is 10. The summed E-state index contributed by atoms with van der Waals surface area (Å²) in [5.74, 6) is 0.0921. The summed E-state index contributed by atoms with van der Waals surface area (Å²) in [6.45, 7) is 4.82. The third-order valence-corrected chi connectivity index (χ3v) is 7.43. The Morgan fingerprint density at radius 2 is 1.82 bits per heavy atom. The van der Waals surface area contributed by atoms with E-state index < -0.39 is 6.03 Å². The minimum atomic E-state index is -0.487. The Kier molecular flexibility index (Phi) is 10.7. The molecular formula is C30H39FN4O3. The second kappa shape index (κ2) is 14.0. The zero-order valence-electron chi connectivity index (χ0n) is 22.8. The summed E-state index contributed by atoms with van der Waals surface area (Å²) in [5.41, 5.74) is 2.17. The number of amides is 3. The predicted octanol–water partition coefficient (Wildman–Crippen LogP) is 5.46. The number of benzene rings is 2. The second-order valence-corrected chi connectivity index (χ2v) is 10.4. The Bertz CT molecular complexity index is 1130. The van der Waals surface area contributed by atoms with Crippen molar-refractivity contribution in [3.63, 3.8) is 0 Å². The van der Waals surface area contributed by atoms with Gasteiger partial charge in [-0.2, -0.15) is 0 Å². The Hall–Kier alpha value is -3.39. The van der Waals surface area contributed by atoms with Gasteiger partial charge in [-0.25, -0.2) is 14.2 Å². The number of urea groups is 1. The highest BCUT2D eigenvalue weighted by Crippen LogP contribution is 2.32. The van der Waals surface area contributed by atoms with Gasteiger partial charge in [-0.15, -0.1) is 0 Å². The number of hydrogen-bond acceptors (Lipinski definition) is 4. The van der Waals surface area contributed by atoms with Crippen LogP contribution in [-0.4, -0.2) is 67.0 Å². The van der Waals surface area contributed by atoms with E-state index in [-0.39, 0.29) is 29.5 Å². The summed E-state index contributed by atoms with van der Waals surface area (Å²) in [6, 6.07) is 13.1. The van der Waals surface area contributed by atoms with Crippen LogP contribution in [0.2, 0.25) is 0 Å². The molecule has 3 atom stereocenters. The third kappa shape index (κ3) is 8.87. The molecule has 0 spiro atoms. The molecule has 1 aliphatic rings. The second-order valence-electron chi connectivity index (χ2n) is 10.4. The van der Waals surface area contributed by atoms with Crippen LogP contribution in [0.25, 0.3) is 0 Å². The number of carbonyl (C=O) groups is 3. The Morgan fingerprint density at radius 1 is 1.08 bits per heavy atom. The third-order valence-electron chi connectivity index (χ3n) is 7.43. The van der Waals surface area contributed by atoms with E-state index in [1.54, 1.807) is 42.3 Å². The van der Waals surface area contributed by atoms with Crippen molar-refractivity contribution >= 4 is 29.6 Å². The van der Waals surface area contributed by atoms with Gasteiger partial charge in [0.05, 0.1) is 0 Å². The van der Waals surface area contributed by atoms with E-state index in [0.717, 1.165) is 50.8 Å². The van der Waals surface area contributed by atoms with Crippen molar-refractivity contribution in [2.75, 3.05) is 32.5 Å². The van der Waals surface area contributed by atoms with Gasteiger partial charge in [-0.1, -0.05) is 24.3 Å². The first kappa shape index (κ1) is 29.2. The summed E-state index contributed by atoms with van der Waals surface area (Å²) < 4.78 is 13.1. The van der Waals surface area contributed by atoms with Crippen molar-refractivity contribution in [3.05, 3.63) is 65.5 Å². The fraction of sp³-hybridized carbons (Fsp3) is 0.467. The lowest BCUT2D eigenvalue weighted by molar-refractivity contribution is -0.130. The zero-order chi connectivity index (χ0) is 27.7. The molecule has 0 saturated heterocycles. The maximum Gasteiger partial charge on any atom is 0.345 e. The molecule has 1 N–H and O–H groups in total. The number of nitrogens with zero attached hydrogens (tertiary/aromatic N) is 3. The number of hydrogen-bond donors (Lipinski definition) is 1. The van der Waals surface area contributed by atoms with Crippen LogP contribution in [-0.2, 0) is 11.2 Å². The molecule has 2 aromatic rings. The molecule has 8 heteroatoms. The van der Waals surface area contributed by atoms with Crippen molar-refractivity contribution in [2.24, 2.45) is 16.8 Å². The number of aliphatic imine (C=N–C) groups is 1. The van der Waals surface area contributed by atoms with Gasteiger partial charge in [-0.3, -0.25) is 9.59 Å². The highest BCUT2D eigenvalue weighted by Gasteiger charge is 2.33. The first-order valence-corrected chi connectivity index (χ1v) is 13.2. The quantitative estimate of drug-likeness (QED) is 0.332. The van der Waals surface area contributed by atoms with Crippen LogP contribution in [0, 0.1) is 17.7 Å². The van der Waals surface area contributed by atoms with E-state index in [4.69, 9.17) is 0 Å². The van der Waals surface area contributed by atoms with Crippen LogP contribution >= 0.6 is 0 Å². The van der Waals surface area contributed by atoms with E-state index in [1.165, 1.54) is 19.1 Å². The first-order chi connectivity index (χ1) is 18.1. The molecule has 38 heavy (non-hydrogen) atoms. The van der Waals surface area contributed by atoms with E-state index in [1.807, 2.05) is 19.2 Å². The number of ketones is 1. The lowest BCUT2D eigenvalue weighted by atomic mass is 9.76. The topological polar surface area (TPSA) is 82.1 Å². The largest absolute Gasteiger partial charge is 0.345 e. The monoisotopic (exact) mass is 522 g/mol. The van der Waals surface area contributed by atoms with Gasteiger partial charge < -0.3 is 15.1 Å². The molecule has 7 nitrogen and oxygen atoms in total. The van der Waals surface area contributed by atoms with Crippen LogP contribution < -0.4 is 5.32 Å². The normalized spacial score (nSPS) is 19.5. The average Bonchev–Trinajstić information content (AvgIpc) is 2.89. The molecule has 2 aromatic carbocycles. The van der Waals surface area contributed by atoms with Crippen molar-refractivity contribution in [3.8, 4) is 0 Å². The maximum atomic E-state index is 13.1. The molecule has 0 aromatic heterocycles. The fourth-order valence-electron chi connectivity index (χ4n) is 5.09. The minimum absolute atomic E-state index is 0.0325. The van der Waals surface area contributed by atoms with Crippen molar-refractivity contribution in [2.45, 2.75) is 52.0 Å². The number of aryl methyl sites for hydroxylation is 1. The number of carbonyl (C=O) groups excluding carboxylic acids is 3. The molecule has 0 aliphatic heterocycles. The lowest BCUT2D eigenvalue weighted by Crippen LogP contribution is -2.44. The SMILES string of the molecule is CC(=O)c1cccc(NC(=O)/N=C/C2C[C@@H](N(C)C(C)=O)CC[C@H]2CN(C)CCCc2ccc(F)cc2)c1. The minimum Gasteiger partial charge on any atom is -0.343 e. The summed E-state index contributed by atoms with van der Waals surface area (Å²) in [4.78, 5) is 44.5. The van der Waals surface area contributed by atoms with Crippen LogP contribution in [0.3, 0.4) is 0 Å². The summed E-state index contributed by atoms with van der Waals surface area (Å²) in [6.07, 6.45) is 6.19. The number of anilines is 1. The summed E-state index contributed by atoms with van der Waals surface area (Å²) in [5, 5.41) is 2.74. The Morgan fingerprint density at radius 3 is 2.50 bits per heavy atom. The number of halogens is 1. The van der Waals surface area contributed by atoms with Crippen molar-refractivity contribution in [1.82, 2.24) is 9.80 Å². The molecule has 1 aliphatic carbocycles. The molecule has 0 heterocycles. The van der Waals surface area contributed by atoms with E-state index in [0.29, 0.717) is 17.2 Å². The van der Waals surface area contributed by atoms with Gasteiger partial charge in [0.15, 0.2) is 5.78 Å². The summed E-state index contributed by atoms with van der Waals surface area (Å²) in [7, 11) is 3.93. The molecule has 1 fully saturated rings. The van der Waals surface area contributed by atoms with Crippen LogP contribution in [0.1, 0.15) is 55.5 Å². The molecule has 204 valence electrons. The van der Waals surface area contributed by atoms with Gasteiger partial charge in [-0.05, 0) is 88.4 Å². The van der Waals surface area contributed by atoms with Crippen molar-refractivity contribution in [1.29, 1.82) is 0 Å². The van der Waals surface area contributed by atoms with Gasteiger partial charge in [0, 0.05) is 49.9 Å². The molecule has 1 saturated carbocycles. The Labute approximate surface area is 225 Å². The lowest BCUT2D eigenvalue weighted by Gasteiger charge is -2.39. The molecular weight excluding hydrogens is 483 g/mol. The van der Waals surface area contributed by atoms with E-state index in [9.17, 15) is 18.8 Å². The highest BCUT2D eigenvalue weighted by atomic mass is 19.1. The highest BCUT2D eigenvalue weighted by molar-refractivity contribution is 5.98. The number of Topliss-reactive ketones (excluding diaryl/α,β-unsaturated/α-hetero) is 1. The molecule has 0 radical (unpaired) electrons. The van der Waals surface area contributed by atoms with Gasteiger partial charge >= 0.3 is 6.03 Å².